The van der Waals surface area contributed by atoms with Crippen LogP contribution in [0.4, 0.5) is 0 Å². The maximum Gasteiger partial charge on any atom is 0.186 e. The van der Waals surface area contributed by atoms with Crippen molar-refractivity contribution in [2.24, 2.45) is 0 Å². The van der Waals surface area contributed by atoms with Crippen molar-refractivity contribution < 1.29 is 9.53 Å². The minimum Gasteiger partial charge on any atom is -0.495 e. The summed E-state index contributed by atoms with van der Waals surface area (Å²) in [4.78, 5) is 10.7. The lowest BCUT2D eigenvalue weighted by Gasteiger charge is -2.04. The van der Waals surface area contributed by atoms with Crippen LogP contribution in [-0.4, -0.2) is 18.0 Å². The molecule has 0 unspecified atom stereocenters. The van der Waals surface area contributed by atoms with E-state index in [2.05, 4.69) is 0 Å². The van der Waals surface area contributed by atoms with Crippen molar-refractivity contribution in [3.05, 3.63) is 34.9 Å². The van der Waals surface area contributed by atoms with Crippen molar-refractivity contribution in [1.29, 1.82) is 0 Å². The molecule has 0 aliphatic carbocycles. The van der Waals surface area contributed by atoms with Crippen LogP contribution >= 0.6 is 23.4 Å². The maximum absolute atomic E-state index is 10.7. The number of halogens is 1. The van der Waals surface area contributed by atoms with E-state index in [4.69, 9.17) is 16.3 Å². The van der Waals surface area contributed by atoms with Gasteiger partial charge in [0.15, 0.2) is 5.12 Å². The normalized spacial score (nSPS) is 10.7. The Bertz CT molecular complexity index is 402. The van der Waals surface area contributed by atoms with Gasteiger partial charge in [0.25, 0.3) is 0 Å². The van der Waals surface area contributed by atoms with E-state index < -0.39 is 0 Å². The molecule has 1 aromatic rings. The molecule has 1 aromatic carbocycles. The molecule has 86 valence electrons. The zero-order valence-electron chi connectivity index (χ0n) is 9.20. The third-order valence-corrected chi connectivity index (χ3v) is 3.06. The lowest BCUT2D eigenvalue weighted by molar-refractivity contribution is -0.109. The molecule has 0 heterocycles. The summed E-state index contributed by atoms with van der Waals surface area (Å²) in [7, 11) is 1.58. The van der Waals surface area contributed by atoms with Crippen LogP contribution in [0.2, 0.25) is 5.02 Å². The van der Waals surface area contributed by atoms with Crippen molar-refractivity contribution in [3.63, 3.8) is 0 Å². The lowest BCUT2D eigenvalue weighted by Crippen LogP contribution is -1.86. The first-order chi connectivity index (χ1) is 7.65. The Morgan fingerprint density at radius 1 is 1.56 bits per heavy atom. The van der Waals surface area contributed by atoms with E-state index in [0.717, 1.165) is 5.56 Å². The highest BCUT2D eigenvalue weighted by Gasteiger charge is 2.02. The second kappa shape index (κ2) is 6.61. The van der Waals surface area contributed by atoms with Gasteiger partial charge in [-0.25, -0.2) is 0 Å². The molecule has 0 aliphatic heterocycles. The van der Waals surface area contributed by atoms with Gasteiger partial charge in [0, 0.05) is 12.7 Å². The first-order valence-electron chi connectivity index (χ1n) is 4.77. The SMILES string of the molecule is COc1cccc(C=CCSC(C)=O)c1Cl. The van der Waals surface area contributed by atoms with Crippen LogP contribution in [0.15, 0.2) is 24.3 Å². The zero-order chi connectivity index (χ0) is 12.0. The molecule has 1 rings (SSSR count). The van der Waals surface area contributed by atoms with Gasteiger partial charge >= 0.3 is 0 Å². The van der Waals surface area contributed by atoms with E-state index in [-0.39, 0.29) is 5.12 Å². The van der Waals surface area contributed by atoms with Gasteiger partial charge < -0.3 is 4.74 Å². The molecule has 16 heavy (non-hydrogen) atoms. The third kappa shape index (κ3) is 3.91. The molecule has 4 heteroatoms. The van der Waals surface area contributed by atoms with Crippen LogP contribution < -0.4 is 4.74 Å². The van der Waals surface area contributed by atoms with Crippen molar-refractivity contribution in [3.8, 4) is 5.75 Å². The number of methoxy groups -OCH3 is 1. The number of rotatable bonds is 4. The minimum atomic E-state index is 0.112. The van der Waals surface area contributed by atoms with E-state index in [0.29, 0.717) is 16.5 Å². The van der Waals surface area contributed by atoms with Gasteiger partial charge in [-0.15, -0.1) is 0 Å². The first-order valence-corrected chi connectivity index (χ1v) is 6.14. The number of benzene rings is 1. The number of carbonyl (C=O) groups is 1. The van der Waals surface area contributed by atoms with Crippen LogP contribution in [0.3, 0.4) is 0 Å². The number of carbonyl (C=O) groups excluding carboxylic acids is 1. The Morgan fingerprint density at radius 3 is 2.94 bits per heavy atom. The predicted octanol–water partition coefficient (Wildman–Crippen LogP) is 3.64. The largest absolute Gasteiger partial charge is 0.495 e. The van der Waals surface area contributed by atoms with Crippen LogP contribution in [-0.2, 0) is 4.79 Å². The Hall–Kier alpha value is -0.930. The van der Waals surface area contributed by atoms with Gasteiger partial charge in [0.05, 0.1) is 12.1 Å². The van der Waals surface area contributed by atoms with E-state index in [1.165, 1.54) is 11.8 Å². The average Bonchev–Trinajstić information content (AvgIpc) is 2.26. The van der Waals surface area contributed by atoms with Crippen molar-refractivity contribution in [1.82, 2.24) is 0 Å². The number of hydrogen-bond acceptors (Lipinski definition) is 3. The topological polar surface area (TPSA) is 26.3 Å². The van der Waals surface area contributed by atoms with E-state index >= 15 is 0 Å². The zero-order valence-corrected chi connectivity index (χ0v) is 10.8. The second-order valence-electron chi connectivity index (χ2n) is 3.07. The van der Waals surface area contributed by atoms with Gasteiger partial charge in [-0.2, -0.15) is 0 Å². The molecular weight excluding hydrogens is 244 g/mol. The molecular formula is C12H13ClO2S. The number of ether oxygens (including phenoxy) is 1. The van der Waals surface area contributed by atoms with E-state index in [1.54, 1.807) is 14.0 Å². The summed E-state index contributed by atoms with van der Waals surface area (Å²) >= 11 is 7.37. The molecule has 0 aromatic heterocycles. The van der Waals surface area contributed by atoms with Gasteiger partial charge in [-0.3, -0.25) is 4.79 Å². The summed E-state index contributed by atoms with van der Waals surface area (Å²) in [6.07, 6.45) is 3.80. The molecule has 0 amide bonds. The van der Waals surface area contributed by atoms with Crippen LogP contribution in [0, 0.1) is 0 Å². The molecule has 0 saturated heterocycles. The smallest absolute Gasteiger partial charge is 0.186 e. The first kappa shape index (κ1) is 13.1. The monoisotopic (exact) mass is 256 g/mol. The molecule has 0 aliphatic rings. The second-order valence-corrected chi connectivity index (χ2v) is 4.64. The fraction of sp³-hybridized carbons (Fsp3) is 0.250. The fourth-order valence-corrected chi connectivity index (χ4v) is 1.85. The Balaban J connectivity index is 2.70. The Kier molecular flexibility index (Phi) is 5.43. The Labute approximate surface area is 105 Å². The fourth-order valence-electron chi connectivity index (χ4n) is 1.15. The molecule has 0 atom stereocenters. The lowest BCUT2D eigenvalue weighted by atomic mass is 10.2. The molecule has 0 N–H and O–H groups in total. The summed E-state index contributed by atoms with van der Waals surface area (Å²) in [6, 6.07) is 5.59. The average molecular weight is 257 g/mol. The Morgan fingerprint density at radius 2 is 2.31 bits per heavy atom. The summed E-state index contributed by atoms with van der Waals surface area (Å²) in [5.74, 6) is 1.31. The molecule has 0 fully saturated rings. The highest BCUT2D eigenvalue weighted by Crippen LogP contribution is 2.28. The van der Waals surface area contributed by atoms with Crippen LogP contribution in [0.25, 0.3) is 6.08 Å². The van der Waals surface area contributed by atoms with Crippen molar-refractivity contribution in [2.75, 3.05) is 12.9 Å². The van der Waals surface area contributed by atoms with Gasteiger partial charge in [-0.1, -0.05) is 47.6 Å². The molecule has 0 saturated carbocycles. The molecule has 2 nitrogen and oxygen atoms in total. The van der Waals surface area contributed by atoms with E-state index in [9.17, 15) is 4.79 Å². The van der Waals surface area contributed by atoms with Crippen molar-refractivity contribution in [2.45, 2.75) is 6.92 Å². The molecule has 0 spiro atoms. The summed E-state index contributed by atoms with van der Waals surface area (Å²) < 4.78 is 5.11. The highest BCUT2D eigenvalue weighted by atomic mass is 35.5. The highest BCUT2D eigenvalue weighted by molar-refractivity contribution is 8.13. The van der Waals surface area contributed by atoms with Gasteiger partial charge in [-0.05, 0) is 11.6 Å². The standard InChI is InChI=1S/C12H13ClO2S/c1-9(14)16-8-4-6-10-5-3-7-11(15-2)12(10)13/h3-7H,8H2,1-2H3. The minimum absolute atomic E-state index is 0.112. The third-order valence-electron chi connectivity index (χ3n) is 1.89. The summed E-state index contributed by atoms with van der Waals surface area (Å²) in [5, 5.41) is 0.704. The number of hydrogen-bond donors (Lipinski definition) is 0. The molecule has 0 bridgehead atoms. The summed E-state index contributed by atoms with van der Waals surface area (Å²) in [5.41, 5.74) is 0.894. The van der Waals surface area contributed by atoms with E-state index in [1.807, 2.05) is 30.4 Å². The van der Waals surface area contributed by atoms with Gasteiger partial charge in [0.2, 0.25) is 0 Å². The summed E-state index contributed by atoms with van der Waals surface area (Å²) in [6.45, 7) is 1.55. The number of thioether (sulfide) groups is 1. The quantitative estimate of drug-likeness (QED) is 0.823. The van der Waals surface area contributed by atoms with Crippen LogP contribution in [0.5, 0.6) is 5.75 Å². The van der Waals surface area contributed by atoms with Crippen molar-refractivity contribution >= 4 is 34.6 Å². The molecule has 0 radical (unpaired) electrons. The predicted molar refractivity (Wildman–Crippen MR) is 70.2 cm³/mol. The van der Waals surface area contributed by atoms with Crippen LogP contribution in [0.1, 0.15) is 12.5 Å². The van der Waals surface area contributed by atoms with Gasteiger partial charge in [0.1, 0.15) is 5.75 Å². The maximum atomic E-state index is 10.7.